The van der Waals surface area contributed by atoms with Gasteiger partial charge in [-0.25, -0.2) is 14.2 Å². The molecule has 1 aliphatic rings. The summed E-state index contributed by atoms with van der Waals surface area (Å²) in [7, 11) is 0. The molecule has 8 heteroatoms. The van der Waals surface area contributed by atoms with E-state index in [9.17, 15) is 4.21 Å². The monoisotopic (exact) mass is 355 g/mol. The van der Waals surface area contributed by atoms with Crippen LogP contribution in [0.5, 0.6) is 0 Å². The second-order valence-corrected chi connectivity index (χ2v) is 6.97. The van der Waals surface area contributed by atoms with Crippen LogP contribution in [-0.4, -0.2) is 28.9 Å². The van der Waals surface area contributed by atoms with E-state index in [-0.39, 0.29) is 5.75 Å². The number of rotatable bonds is 6. The van der Waals surface area contributed by atoms with Crippen LogP contribution in [0, 0.1) is 0 Å². The third-order valence-electron chi connectivity index (χ3n) is 4.03. The predicted octanol–water partition coefficient (Wildman–Crippen LogP) is 3.21. The second-order valence-electron chi connectivity index (χ2n) is 6.04. The van der Waals surface area contributed by atoms with Crippen molar-refractivity contribution in [1.29, 1.82) is 0 Å². The van der Waals surface area contributed by atoms with Gasteiger partial charge in [-0.1, -0.05) is 24.3 Å². The highest BCUT2D eigenvalue weighted by Gasteiger charge is 2.25. The first-order valence-corrected chi connectivity index (χ1v) is 9.27. The van der Waals surface area contributed by atoms with Gasteiger partial charge >= 0.3 is 0 Å². The largest absolute Gasteiger partial charge is 0.323 e. The van der Waals surface area contributed by atoms with E-state index in [1.165, 1.54) is 12.8 Å². The number of nitrogens with zero attached hydrogens (tertiary/aromatic N) is 3. The normalized spacial score (nSPS) is 15.1. The highest BCUT2D eigenvalue weighted by atomic mass is 32.2. The lowest BCUT2D eigenvalue weighted by Gasteiger charge is -2.05. The van der Waals surface area contributed by atoms with Crippen molar-refractivity contribution in [2.24, 2.45) is 0 Å². The molecule has 1 unspecified atom stereocenters. The molecule has 25 heavy (non-hydrogen) atoms. The summed E-state index contributed by atoms with van der Waals surface area (Å²) in [4.78, 5) is 8.81. The Hall–Kier alpha value is -2.58. The number of anilines is 2. The van der Waals surface area contributed by atoms with Crippen LogP contribution in [0.4, 0.5) is 11.6 Å². The molecular formula is C17H17N5O2S. The molecule has 1 fully saturated rings. The molecular weight excluding hydrogens is 338 g/mol. The third-order valence-corrected chi connectivity index (χ3v) is 4.61. The maximum absolute atomic E-state index is 10.9. The van der Waals surface area contributed by atoms with Crippen LogP contribution < -0.4 is 5.32 Å². The van der Waals surface area contributed by atoms with Gasteiger partial charge in [0.1, 0.15) is 5.82 Å². The van der Waals surface area contributed by atoms with Gasteiger partial charge in [-0.15, -0.1) is 0 Å². The number of aromatic nitrogens is 4. The number of nitrogens with one attached hydrogen (secondary N) is 2. The highest BCUT2D eigenvalue weighted by molar-refractivity contribution is 7.78. The van der Waals surface area contributed by atoms with E-state index in [0.717, 1.165) is 22.6 Å². The van der Waals surface area contributed by atoms with Gasteiger partial charge in [-0.2, -0.15) is 5.10 Å². The second kappa shape index (κ2) is 6.73. The number of aromatic amines is 1. The molecule has 0 saturated heterocycles. The molecule has 1 atom stereocenters. The Bertz CT molecular complexity index is 905. The van der Waals surface area contributed by atoms with Crippen LogP contribution in [0.3, 0.4) is 0 Å². The molecule has 4 rings (SSSR count). The minimum absolute atomic E-state index is 0.116. The van der Waals surface area contributed by atoms with Gasteiger partial charge in [-0.05, 0) is 24.5 Å². The van der Waals surface area contributed by atoms with Crippen LogP contribution in [0.1, 0.15) is 30.0 Å². The van der Waals surface area contributed by atoms with Crippen LogP contribution in [0.25, 0.3) is 11.4 Å². The highest BCUT2D eigenvalue weighted by Crippen LogP contribution is 2.39. The molecule has 2 heterocycles. The van der Waals surface area contributed by atoms with E-state index in [0.29, 0.717) is 17.6 Å². The molecule has 0 amide bonds. The van der Waals surface area contributed by atoms with Crippen molar-refractivity contribution in [2.45, 2.75) is 24.5 Å². The third kappa shape index (κ3) is 3.92. The first kappa shape index (κ1) is 15.9. The summed E-state index contributed by atoms with van der Waals surface area (Å²) in [5, 5.41) is 10.5. The SMILES string of the molecule is O=S(O)Cc1ccc(-c2nccc(Nc3cc(C4CC4)[nH]n3)n2)cc1. The molecule has 1 saturated carbocycles. The lowest BCUT2D eigenvalue weighted by atomic mass is 10.1. The van der Waals surface area contributed by atoms with Crippen LogP contribution in [0.15, 0.2) is 42.6 Å². The van der Waals surface area contributed by atoms with Crippen molar-refractivity contribution in [3.8, 4) is 11.4 Å². The van der Waals surface area contributed by atoms with Crippen molar-refractivity contribution >= 4 is 22.7 Å². The summed E-state index contributed by atoms with van der Waals surface area (Å²) < 4.78 is 19.8. The first-order valence-electron chi connectivity index (χ1n) is 7.99. The lowest BCUT2D eigenvalue weighted by molar-refractivity contribution is 0.563. The van der Waals surface area contributed by atoms with Crippen molar-refractivity contribution in [2.75, 3.05) is 5.32 Å². The van der Waals surface area contributed by atoms with Crippen molar-refractivity contribution < 1.29 is 8.76 Å². The summed E-state index contributed by atoms with van der Waals surface area (Å²) in [6, 6.07) is 11.1. The van der Waals surface area contributed by atoms with Crippen molar-refractivity contribution in [3.05, 3.63) is 53.9 Å². The maximum atomic E-state index is 10.9. The summed E-state index contributed by atoms with van der Waals surface area (Å²) in [5.41, 5.74) is 2.80. The molecule has 3 aromatic rings. The summed E-state index contributed by atoms with van der Waals surface area (Å²) >= 11 is -1.84. The molecule has 7 nitrogen and oxygen atoms in total. The van der Waals surface area contributed by atoms with Gasteiger partial charge in [0, 0.05) is 29.4 Å². The van der Waals surface area contributed by atoms with Gasteiger partial charge in [0.25, 0.3) is 0 Å². The van der Waals surface area contributed by atoms with Gasteiger partial charge in [-0.3, -0.25) is 5.10 Å². The zero-order valence-corrected chi connectivity index (χ0v) is 14.2. The molecule has 128 valence electrons. The lowest BCUT2D eigenvalue weighted by Crippen LogP contribution is -1.97. The molecule has 3 N–H and O–H groups in total. The van der Waals surface area contributed by atoms with E-state index < -0.39 is 11.1 Å². The molecule has 2 aromatic heterocycles. The zero-order valence-electron chi connectivity index (χ0n) is 13.3. The average molecular weight is 355 g/mol. The Balaban J connectivity index is 1.51. The molecule has 0 spiro atoms. The summed E-state index contributed by atoms with van der Waals surface area (Å²) in [5.74, 6) is 2.73. The van der Waals surface area contributed by atoms with E-state index in [2.05, 4.69) is 25.5 Å². The fraction of sp³-hybridized carbons (Fsp3) is 0.235. The Morgan fingerprint density at radius 3 is 2.72 bits per heavy atom. The minimum atomic E-state index is -1.84. The van der Waals surface area contributed by atoms with Crippen molar-refractivity contribution in [1.82, 2.24) is 20.2 Å². The predicted molar refractivity (Wildman–Crippen MR) is 95.8 cm³/mol. The Morgan fingerprint density at radius 1 is 1.20 bits per heavy atom. The van der Waals surface area contributed by atoms with Crippen LogP contribution >= 0.6 is 0 Å². The minimum Gasteiger partial charge on any atom is -0.323 e. The standard InChI is InChI=1S/C17H17N5O2S/c23-25(24)10-11-1-3-13(4-2-11)17-18-8-7-15(20-17)19-16-9-14(21-22-16)12-5-6-12/h1-4,7-9,12H,5-6,10H2,(H,23,24)(H2,18,19,20,21,22). The number of hydrogen-bond acceptors (Lipinski definition) is 5. The Labute approximate surface area is 147 Å². The smallest absolute Gasteiger partial charge is 0.161 e. The Morgan fingerprint density at radius 2 is 2.00 bits per heavy atom. The molecule has 0 radical (unpaired) electrons. The fourth-order valence-electron chi connectivity index (χ4n) is 2.60. The number of H-pyrrole nitrogens is 1. The Kier molecular flexibility index (Phi) is 4.29. The van der Waals surface area contributed by atoms with Crippen molar-refractivity contribution in [3.63, 3.8) is 0 Å². The van der Waals surface area contributed by atoms with E-state index in [4.69, 9.17) is 4.55 Å². The molecule has 1 aliphatic carbocycles. The summed E-state index contributed by atoms with van der Waals surface area (Å²) in [6.45, 7) is 0. The summed E-state index contributed by atoms with van der Waals surface area (Å²) in [6.07, 6.45) is 4.13. The molecule has 1 aromatic carbocycles. The van der Waals surface area contributed by atoms with E-state index in [1.54, 1.807) is 12.3 Å². The van der Waals surface area contributed by atoms with E-state index >= 15 is 0 Å². The van der Waals surface area contributed by atoms with Gasteiger partial charge in [0.15, 0.2) is 22.7 Å². The van der Waals surface area contributed by atoms with Gasteiger partial charge in [0.2, 0.25) is 0 Å². The van der Waals surface area contributed by atoms with Gasteiger partial charge in [0.05, 0.1) is 5.75 Å². The first-order chi connectivity index (χ1) is 12.2. The van der Waals surface area contributed by atoms with Crippen LogP contribution in [0.2, 0.25) is 0 Å². The van der Waals surface area contributed by atoms with E-state index in [1.807, 2.05) is 30.3 Å². The maximum Gasteiger partial charge on any atom is 0.161 e. The number of benzene rings is 1. The fourth-order valence-corrected chi connectivity index (χ4v) is 3.07. The quantitative estimate of drug-likeness (QED) is 0.587. The molecule has 0 bridgehead atoms. The van der Waals surface area contributed by atoms with Gasteiger partial charge < -0.3 is 9.87 Å². The number of hydrogen-bond donors (Lipinski definition) is 3. The molecule has 0 aliphatic heterocycles. The zero-order chi connectivity index (χ0) is 17.2. The average Bonchev–Trinajstić information content (AvgIpc) is 3.35. The topological polar surface area (TPSA) is 104 Å². The van der Waals surface area contributed by atoms with Crippen LogP contribution in [-0.2, 0) is 16.8 Å².